The van der Waals surface area contributed by atoms with Crippen LogP contribution in [0, 0.1) is 0 Å². The molecule has 0 saturated heterocycles. The quantitative estimate of drug-likeness (QED) is 0.646. The molecule has 0 aromatic heterocycles. The van der Waals surface area contributed by atoms with Crippen molar-refractivity contribution in [3.05, 3.63) is 29.8 Å². The summed E-state index contributed by atoms with van der Waals surface area (Å²) in [7, 11) is 1.23. The molecule has 0 radical (unpaired) electrons. The lowest BCUT2D eigenvalue weighted by Crippen LogP contribution is -2.32. The molecule has 1 amide bonds. The lowest BCUT2D eigenvalue weighted by molar-refractivity contribution is -0.135. The Hall–Kier alpha value is -2.32. The van der Waals surface area contributed by atoms with E-state index in [0.29, 0.717) is 5.56 Å². The maximum absolute atomic E-state index is 12.1. The molecule has 9 heteroatoms. The Kier molecular flexibility index (Phi) is 6.14. The van der Waals surface area contributed by atoms with Gasteiger partial charge < -0.3 is 14.8 Å². The Bertz CT molecular complexity index is 543. The minimum absolute atomic E-state index is 0.00171. The molecule has 0 bridgehead atoms. The zero-order valence-corrected chi connectivity index (χ0v) is 11.3. The Balaban J connectivity index is 2.73. The molecule has 1 aromatic carbocycles. The van der Waals surface area contributed by atoms with E-state index in [1.807, 2.05) is 0 Å². The average molecular weight is 325 g/mol. The third-order valence-corrected chi connectivity index (χ3v) is 2.29. The van der Waals surface area contributed by atoms with Gasteiger partial charge in [0.05, 0.1) is 7.11 Å². The van der Waals surface area contributed by atoms with Gasteiger partial charge in [0.1, 0.15) is 6.54 Å². The van der Waals surface area contributed by atoms with Gasteiger partial charge in [0, 0.05) is 6.08 Å². The van der Waals surface area contributed by atoms with Crippen molar-refractivity contribution in [1.82, 2.24) is 5.32 Å². The molecular formula is C13H12F5NO3. The lowest BCUT2D eigenvalue weighted by Gasteiger charge is -2.10. The summed E-state index contributed by atoms with van der Waals surface area (Å²) in [6.45, 7) is -4.47. The number of hydrogen-bond donors (Lipinski definition) is 1. The molecule has 22 heavy (non-hydrogen) atoms. The van der Waals surface area contributed by atoms with Crippen molar-refractivity contribution >= 4 is 12.0 Å². The molecule has 1 rings (SSSR count). The van der Waals surface area contributed by atoms with Gasteiger partial charge in [-0.3, -0.25) is 4.79 Å². The number of methoxy groups -OCH3 is 1. The monoisotopic (exact) mass is 325 g/mol. The van der Waals surface area contributed by atoms with Gasteiger partial charge in [-0.1, -0.05) is 6.07 Å². The summed E-state index contributed by atoms with van der Waals surface area (Å²) >= 11 is 0. The summed E-state index contributed by atoms with van der Waals surface area (Å²) in [6.07, 6.45) is -2.41. The van der Waals surface area contributed by atoms with E-state index < -0.39 is 25.2 Å². The predicted molar refractivity (Wildman–Crippen MR) is 67.7 cm³/mol. The molecule has 122 valence electrons. The first kappa shape index (κ1) is 17.7. The second-order valence-electron chi connectivity index (χ2n) is 3.96. The van der Waals surface area contributed by atoms with Crippen molar-refractivity contribution in [1.29, 1.82) is 0 Å². The minimum atomic E-state index is -4.50. The number of nitrogens with one attached hydrogen (secondary N) is 1. The zero-order chi connectivity index (χ0) is 16.8. The topological polar surface area (TPSA) is 47.6 Å². The SMILES string of the molecule is COc1cc(/C=C\C(=O)NCC(F)(F)F)ccc1OC(F)F. The van der Waals surface area contributed by atoms with Gasteiger partial charge in [0.2, 0.25) is 5.91 Å². The van der Waals surface area contributed by atoms with Gasteiger partial charge in [-0.15, -0.1) is 0 Å². The third kappa shape index (κ3) is 6.42. The normalized spacial score (nSPS) is 11.8. The molecule has 0 aliphatic carbocycles. The number of rotatable bonds is 6. The smallest absolute Gasteiger partial charge is 0.405 e. The van der Waals surface area contributed by atoms with Crippen molar-refractivity contribution in [2.75, 3.05) is 13.7 Å². The summed E-state index contributed by atoms with van der Waals surface area (Å²) in [5, 5.41) is 1.65. The number of halogens is 5. The summed E-state index contributed by atoms with van der Waals surface area (Å²) in [4.78, 5) is 11.2. The highest BCUT2D eigenvalue weighted by Gasteiger charge is 2.27. The van der Waals surface area contributed by atoms with Gasteiger partial charge in [-0.2, -0.15) is 22.0 Å². The fourth-order valence-electron chi connectivity index (χ4n) is 1.40. The van der Waals surface area contributed by atoms with E-state index in [9.17, 15) is 26.7 Å². The van der Waals surface area contributed by atoms with E-state index in [-0.39, 0.29) is 11.5 Å². The van der Waals surface area contributed by atoms with E-state index in [2.05, 4.69) is 4.74 Å². The number of alkyl halides is 5. The molecule has 0 aliphatic heterocycles. The molecule has 0 fully saturated rings. The van der Waals surface area contributed by atoms with Crippen LogP contribution in [0.25, 0.3) is 6.08 Å². The Morgan fingerprint density at radius 2 is 2.00 bits per heavy atom. The average Bonchev–Trinajstić information content (AvgIpc) is 2.42. The maximum Gasteiger partial charge on any atom is 0.405 e. The minimum Gasteiger partial charge on any atom is -0.493 e. The molecular weight excluding hydrogens is 313 g/mol. The van der Waals surface area contributed by atoms with Crippen LogP contribution >= 0.6 is 0 Å². The summed E-state index contributed by atoms with van der Waals surface area (Å²) in [5.41, 5.74) is 0.362. The predicted octanol–water partition coefficient (Wildman–Crippen LogP) is 2.99. The third-order valence-electron chi connectivity index (χ3n) is 2.29. The first-order chi connectivity index (χ1) is 10.2. The van der Waals surface area contributed by atoms with Crippen LogP contribution in [0.15, 0.2) is 24.3 Å². The largest absolute Gasteiger partial charge is 0.493 e. The van der Waals surface area contributed by atoms with Crippen LogP contribution in [-0.2, 0) is 4.79 Å². The van der Waals surface area contributed by atoms with Gasteiger partial charge in [0.25, 0.3) is 0 Å². The molecule has 0 aliphatic rings. The highest BCUT2D eigenvalue weighted by molar-refractivity contribution is 5.91. The van der Waals surface area contributed by atoms with Crippen LogP contribution < -0.4 is 14.8 Å². The second kappa shape index (κ2) is 7.62. The highest BCUT2D eigenvalue weighted by Crippen LogP contribution is 2.29. The Labute approximate surface area is 122 Å². The van der Waals surface area contributed by atoms with Crippen LogP contribution in [0.3, 0.4) is 0 Å². The fourth-order valence-corrected chi connectivity index (χ4v) is 1.40. The van der Waals surface area contributed by atoms with Gasteiger partial charge >= 0.3 is 12.8 Å². The molecule has 0 atom stereocenters. The first-order valence-corrected chi connectivity index (χ1v) is 5.87. The van der Waals surface area contributed by atoms with Crippen LogP contribution in [0.1, 0.15) is 5.56 Å². The van der Waals surface area contributed by atoms with Gasteiger partial charge in [-0.05, 0) is 23.8 Å². The summed E-state index contributed by atoms with van der Waals surface area (Å²) < 4.78 is 69.0. The van der Waals surface area contributed by atoms with Crippen molar-refractivity contribution in [2.45, 2.75) is 12.8 Å². The van der Waals surface area contributed by atoms with E-state index in [0.717, 1.165) is 6.08 Å². The number of carbonyl (C=O) groups excluding carboxylic acids is 1. The number of benzene rings is 1. The number of carbonyl (C=O) groups is 1. The number of amides is 1. The van der Waals surface area contributed by atoms with Crippen LogP contribution in [0.4, 0.5) is 22.0 Å². The van der Waals surface area contributed by atoms with Crippen LogP contribution in [0.2, 0.25) is 0 Å². The van der Waals surface area contributed by atoms with Crippen LogP contribution in [-0.4, -0.2) is 32.3 Å². The number of hydrogen-bond acceptors (Lipinski definition) is 3. The van der Waals surface area contributed by atoms with Gasteiger partial charge in [0.15, 0.2) is 11.5 Å². The van der Waals surface area contributed by atoms with Crippen molar-refractivity contribution < 1.29 is 36.2 Å². The molecule has 1 aromatic rings. The first-order valence-electron chi connectivity index (χ1n) is 5.87. The lowest BCUT2D eigenvalue weighted by atomic mass is 10.2. The van der Waals surface area contributed by atoms with E-state index in [4.69, 9.17) is 4.74 Å². The van der Waals surface area contributed by atoms with E-state index >= 15 is 0 Å². The van der Waals surface area contributed by atoms with Crippen molar-refractivity contribution in [2.24, 2.45) is 0 Å². The molecule has 0 unspecified atom stereocenters. The number of ether oxygens (including phenoxy) is 2. The van der Waals surface area contributed by atoms with Crippen LogP contribution in [0.5, 0.6) is 11.5 Å². The van der Waals surface area contributed by atoms with Crippen molar-refractivity contribution in [3.8, 4) is 11.5 Å². The van der Waals surface area contributed by atoms with Crippen molar-refractivity contribution in [3.63, 3.8) is 0 Å². The zero-order valence-electron chi connectivity index (χ0n) is 11.3. The van der Waals surface area contributed by atoms with Gasteiger partial charge in [-0.25, -0.2) is 0 Å². The maximum atomic E-state index is 12.1. The molecule has 4 nitrogen and oxygen atoms in total. The standard InChI is InChI=1S/C13H12F5NO3/c1-21-10-6-8(2-4-9(10)22-12(14)15)3-5-11(20)19-7-13(16,17)18/h2-6,12H,7H2,1H3,(H,19,20)/b5-3-. The summed E-state index contributed by atoms with van der Waals surface area (Å²) in [6, 6.07) is 3.83. The summed E-state index contributed by atoms with van der Waals surface area (Å²) in [5.74, 6) is -1.14. The Morgan fingerprint density at radius 1 is 1.32 bits per heavy atom. The highest BCUT2D eigenvalue weighted by atomic mass is 19.4. The molecule has 0 heterocycles. The van der Waals surface area contributed by atoms with E-state index in [1.54, 1.807) is 5.32 Å². The Morgan fingerprint density at radius 3 is 2.55 bits per heavy atom. The second-order valence-corrected chi connectivity index (χ2v) is 3.96. The van der Waals surface area contributed by atoms with E-state index in [1.165, 1.54) is 31.4 Å². The fraction of sp³-hybridized carbons (Fsp3) is 0.308. The molecule has 0 spiro atoms. The molecule has 1 N–H and O–H groups in total. The molecule has 0 saturated carbocycles.